The van der Waals surface area contributed by atoms with Gasteiger partial charge in [-0.05, 0) is 17.7 Å². The van der Waals surface area contributed by atoms with Crippen molar-refractivity contribution in [2.24, 2.45) is 0 Å². The molecule has 3 rings (SSSR count). The van der Waals surface area contributed by atoms with Crippen LogP contribution in [0.5, 0.6) is 5.75 Å². The largest absolute Gasteiger partial charge is 0.488 e. The van der Waals surface area contributed by atoms with E-state index in [9.17, 15) is 0 Å². The van der Waals surface area contributed by atoms with E-state index in [0.29, 0.717) is 18.6 Å². The lowest BCUT2D eigenvalue weighted by Gasteiger charge is -2.07. The standard InChI is InChI=1S/C16H15NO3/c18-10-9-13-16-14(7-4-8-15(16)20-17-13)19-11-12-5-2-1-3-6-12/h1-8,18H,9-11H2. The van der Waals surface area contributed by atoms with Gasteiger partial charge >= 0.3 is 0 Å². The van der Waals surface area contributed by atoms with Crippen molar-refractivity contribution in [2.45, 2.75) is 13.0 Å². The number of hydrogen-bond donors (Lipinski definition) is 1. The second-order valence-electron chi connectivity index (χ2n) is 4.51. The quantitative estimate of drug-likeness (QED) is 0.773. The minimum atomic E-state index is 0.0364. The number of ether oxygens (including phenoxy) is 1. The second kappa shape index (κ2) is 5.75. The topological polar surface area (TPSA) is 55.5 Å². The van der Waals surface area contributed by atoms with Crippen LogP contribution in [0.1, 0.15) is 11.3 Å². The molecule has 0 unspecified atom stereocenters. The molecule has 0 atom stereocenters. The summed E-state index contributed by atoms with van der Waals surface area (Å²) in [6.07, 6.45) is 0.457. The van der Waals surface area contributed by atoms with Crippen molar-refractivity contribution in [1.29, 1.82) is 0 Å². The Labute approximate surface area is 116 Å². The van der Waals surface area contributed by atoms with Crippen molar-refractivity contribution in [2.75, 3.05) is 6.61 Å². The highest BCUT2D eigenvalue weighted by atomic mass is 16.5. The average Bonchev–Trinajstić information content (AvgIpc) is 2.91. The molecule has 4 nitrogen and oxygen atoms in total. The zero-order valence-corrected chi connectivity index (χ0v) is 11.0. The van der Waals surface area contributed by atoms with Gasteiger partial charge in [-0.2, -0.15) is 0 Å². The van der Waals surface area contributed by atoms with Crippen LogP contribution in [-0.4, -0.2) is 16.9 Å². The van der Waals surface area contributed by atoms with Crippen molar-refractivity contribution in [1.82, 2.24) is 5.16 Å². The van der Waals surface area contributed by atoms with Crippen LogP contribution < -0.4 is 4.74 Å². The lowest BCUT2D eigenvalue weighted by molar-refractivity contribution is 0.294. The fraction of sp³-hybridized carbons (Fsp3) is 0.188. The Bertz CT molecular complexity index is 691. The Balaban J connectivity index is 1.89. The highest BCUT2D eigenvalue weighted by Crippen LogP contribution is 2.29. The van der Waals surface area contributed by atoms with Gasteiger partial charge in [-0.1, -0.05) is 41.6 Å². The van der Waals surface area contributed by atoms with Crippen molar-refractivity contribution in [3.8, 4) is 5.75 Å². The number of aromatic nitrogens is 1. The van der Waals surface area contributed by atoms with Gasteiger partial charge < -0.3 is 14.4 Å². The maximum atomic E-state index is 9.07. The average molecular weight is 269 g/mol. The third-order valence-electron chi connectivity index (χ3n) is 3.12. The highest BCUT2D eigenvalue weighted by Gasteiger charge is 2.13. The summed E-state index contributed by atoms with van der Waals surface area (Å²) in [4.78, 5) is 0. The Morgan fingerprint density at radius 1 is 1.05 bits per heavy atom. The van der Waals surface area contributed by atoms with E-state index in [2.05, 4.69) is 5.16 Å². The van der Waals surface area contributed by atoms with Crippen LogP contribution in [0.3, 0.4) is 0 Å². The first-order chi connectivity index (χ1) is 9.88. The molecule has 0 saturated carbocycles. The third kappa shape index (κ3) is 2.51. The number of hydrogen-bond acceptors (Lipinski definition) is 4. The molecular formula is C16H15NO3. The highest BCUT2D eigenvalue weighted by molar-refractivity contribution is 5.86. The van der Waals surface area contributed by atoms with Crippen LogP contribution in [0.25, 0.3) is 11.0 Å². The summed E-state index contributed by atoms with van der Waals surface area (Å²) in [6, 6.07) is 15.6. The van der Waals surface area contributed by atoms with E-state index in [0.717, 1.165) is 22.4 Å². The van der Waals surface area contributed by atoms with Gasteiger partial charge in [0, 0.05) is 13.0 Å². The van der Waals surface area contributed by atoms with Crippen LogP contribution in [0, 0.1) is 0 Å². The first-order valence-electron chi connectivity index (χ1n) is 6.53. The Morgan fingerprint density at radius 2 is 1.90 bits per heavy atom. The molecule has 0 aliphatic rings. The van der Waals surface area contributed by atoms with E-state index in [1.165, 1.54) is 0 Å². The molecule has 4 heteroatoms. The van der Waals surface area contributed by atoms with Crippen molar-refractivity contribution in [3.05, 3.63) is 59.8 Å². The Kier molecular flexibility index (Phi) is 3.65. The van der Waals surface area contributed by atoms with Gasteiger partial charge in [0.05, 0.1) is 11.1 Å². The zero-order chi connectivity index (χ0) is 13.8. The van der Waals surface area contributed by atoms with Gasteiger partial charge in [0.15, 0.2) is 5.58 Å². The van der Waals surface area contributed by atoms with Crippen LogP contribution in [0.15, 0.2) is 53.1 Å². The van der Waals surface area contributed by atoms with Crippen molar-refractivity contribution >= 4 is 11.0 Å². The SMILES string of the molecule is OCCc1noc2cccc(OCc3ccccc3)c12. The fourth-order valence-electron chi connectivity index (χ4n) is 2.15. The number of fused-ring (bicyclic) bond motifs is 1. The van der Waals surface area contributed by atoms with Gasteiger partial charge in [0.25, 0.3) is 0 Å². The summed E-state index contributed by atoms with van der Waals surface area (Å²) in [7, 11) is 0. The molecule has 0 saturated heterocycles. The molecule has 0 aliphatic carbocycles. The van der Waals surface area contributed by atoms with E-state index in [-0.39, 0.29) is 6.61 Å². The molecule has 102 valence electrons. The van der Waals surface area contributed by atoms with Gasteiger partial charge in [-0.15, -0.1) is 0 Å². The third-order valence-corrected chi connectivity index (χ3v) is 3.12. The van der Waals surface area contributed by atoms with Crippen molar-refractivity contribution in [3.63, 3.8) is 0 Å². The summed E-state index contributed by atoms with van der Waals surface area (Å²) in [5, 5.41) is 13.9. The van der Waals surface area contributed by atoms with E-state index >= 15 is 0 Å². The number of nitrogens with zero attached hydrogens (tertiary/aromatic N) is 1. The molecule has 1 N–H and O–H groups in total. The molecule has 0 fully saturated rings. The molecule has 2 aromatic carbocycles. The number of aliphatic hydroxyl groups is 1. The zero-order valence-electron chi connectivity index (χ0n) is 11.0. The number of rotatable bonds is 5. The minimum Gasteiger partial charge on any atom is -0.488 e. The minimum absolute atomic E-state index is 0.0364. The van der Waals surface area contributed by atoms with E-state index in [1.807, 2.05) is 48.5 Å². The maximum Gasteiger partial charge on any atom is 0.170 e. The van der Waals surface area contributed by atoms with Gasteiger partial charge in [-0.25, -0.2) is 0 Å². The molecule has 3 aromatic rings. The molecule has 1 aromatic heterocycles. The summed E-state index contributed by atoms with van der Waals surface area (Å²) in [5.41, 5.74) is 2.51. The first-order valence-corrected chi connectivity index (χ1v) is 6.53. The van der Waals surface area contributed by atoms with Crippen molar-refractivity contribution < 1.29 is 14.4 Å². The predicted molar refractivity (Wildman–Crippen MR) is 75.6 cm³/mol. The smallest absolute Gasteiger partial charge is 0.170 e. The van der Waals surface area contributed by atoms with Gasteiger partial charge in [0.2, 0.25) is 0 Å². The summed E-state index contributed by atoms with van der Waals surface area (Å²) < 4.78 is 11.1. The van der Waals surface area contributed by atoms with Crippen LogP contribution in [0.2, 0.25) is 0 Å². The molecular weight excluding hydrogens is 254 g/mol. The van der Waals surface area contributed by atoms with Gasteiger partial charge in [0.1, 0.15) is 12.4 Å². The van der Waals surface area contributed by atoms with E-state index in [4.69, 9.17) is 14.4 Å². The number of benzene rings is 2. The van der Waals surface area contributed by atoms with E-state index < -0.39 is 0 Å². The lowest BCUT2D eigenvalue weighted by Crippen LogP contribution is -1.97. The number of aliphatic hydroxyl groups excluding tert-OH is 1. The molecule has 0 bridgehead atoms. The summed E-state index contributed by atoms with van der Waals surface area (Å²) in [6.45, 7) is 0.526. The van der Waals surface area contributed by atoms with Crippen LogP contribution in [-0.2, 0) is 13.0 Å². The summed E-state index contributed by atoms with van der Waals surface area (Å²) >= 11 is 0. The van der Waals surface area contributed by atoms with Gasteiger partial charge in [-0.3, -0.25) is 0 Å². The first kappa shape index (κ1) is 12.7. The second-order valence-corrected chi connectivity index (χ2v) is 4.51. The fourth-order valence-corrected chi connectivity index (χ4v) is 2.15. The molecule has 20 heavy (non-hydrogen) atoms. The van der Waals surface area contributed by atoms with Crippen LogP contribution in [0.4, 0.5) is 0 Å². The Morgan fingerprint density at radius 3 is 2.70 bits per heavy atom. The predicted octanol–water partition coefficient (Wildman–Crippen LogP) is 2.94. The Hall–Kier alpha value is -2.33. The summed E-state index contributed by atoms with van der Waals surface area (Å²) in [5.74, 6) is 0.732. The molecule has 0 radical (unpaired) electrons. The molecule has 1 heterocycles. The molecule has 0 spiro atoms. The van der Waals surface area contributed by atoms with Crippen LogP contribution >= 0.6 is 0 Å². The van der Waals surface area contributed by atoms with E-state index in [1.54, 1.807) is 0 Å². The monoisotopic (exact) mass is 269 g/mol. The molecule has 0 aliphatic heterocycles. The normalized spacial score (nSPS) is 10.8. The lowest BCUT2D eigenvalue weighted by atomic mass is 10.1. The maximum absolute atomic E-state index is 9.07. The molecule has 0 amide bonds.